The number of aromatic nitrogens is 1. The number of thioether (sulfide) groups is 1. The molecule has 6 heteroatoms. The minimum atomic E-state index is 0.639. The molecule has 1 aliphatic rings. The molecule has 3 nitrogen and oxygen atoms in total. The lowest BCUT2D eigenvalue weighted by molar-refractivity contribution is 1.17. The molecule has 1 aromatic heterocycles. The Labute approximate surface area is 95.9 Å². The number of hydrogen-bond donors (Lipinski definition) is 1. The summed E-state index contributed by atoms with van der Waals surface area (Å²) in [6.45, 7) is 2.09. The van der Waals surface area contributed by atoms with Gasteiger partial charge in [-0.15, -0.1) is 0 Å². The number of aliphatic imine (C=N–C) groups is 1. The largest absolute Gasteiger partial charge is 0.305 e. The first-order chi connectivity index (χ1) is 6.79. The van der Waals surface area contributed by atoms with E-state index in [2.05, 4.69) is 21.6 Å². The molecule has 74 valence electrons. The van der Waals surface area contributed by atoms with E-state index in [4.69, 9.17) is 11.6 Å². The molecule has 0 spiro atoms. The number of nitrogens with zero attached hydrogens (tertiary/aromatic N) is 2. The van der Waals surface area contributed by atoms with Crippen LogP contribution in [0, 0.1) is 0 Å². The second-order valence-electron chi connectivity index (χ2n) is 2.53. The highest BCUT2D eigenvalue weighted by atomic mass is 35.5. The fourth-order valence-corrected chi connectivity index (χ4v) is 2.61. The van der Waals surface area contributed by atoms with Crippen LogP contribution < -0.4 is 4.72 Å². The van der Waals surface area contributed by atoms with Gasteiger partial charge in [-0.05, 0) is 23.8 Å². The zero-order valence-electron chi connectivity index (χ0n) is 7.45. The zero-order chi connectivity index (χ0) is 9.97. The molecule has 0 fully saturated rings. The Morgan fingerprint density at radius 1 is 1.64 bits per heavy atom. The van der Waals surface area contributed by atoms with Gasteiger partial charge < -0.3 is 4.72 Å². The Hall–Kier alpha value is -0.390. The third-order valence-corrected chi connectivity index (χ3v) is 3.44. The summed E-state index contributed by atoms with van der Waals surface area (Å²) in [5, 5.41) is 1.54. The van der Waals surface area contributed by atoms with E-state index in [1.54, 1.807) is 18.0 Å². The summed E-state index contributed by atoms with van der Waals surface area (Å²) < 4.78 is 3.13. The normalized spacial score (nSPS) is 14.3. The molecule has 0 saturated heterocycles. The molecule has 1 aromatic rings. The van der Waals surface area contributed by atoms with Gasteiger partial charge in [-0.25, -0.2) is 9.98 Å². The van der Waals surface area contributed by atoms with Gasteiger partial charge in [0, 0.05) is 6.20 Å². The molecule has 0 unspecified atom stereocenters. The van der Waals surface area contributed by atoms with Gasteiger partial charge in [-0.2, -0.15) is 0 Å². The average molecular weight is 246 g/mol. The molecule has 0 amide bonds. The summed E-state index contributed by atoms with van der Waals surface area (Å²) in [6.07, 6.45) is 1.62. The Kier molecular flexibility index (Phi) is 3.20. The molecule has 0 aliphatic carbocycles. The predicted octanol–water partition coefficient (Wildman–Crippen LogP) is 3.09. The van der Waals surface area contributed by atoms with E-state index in [1.165, 1.54) is 11.9 Å². The maximum Gasteiger partial charge on any atom is 0.173 e. The van der Waals surface area contributed by atoms with Crippen LogP contribution in [0.1, 0.15) is 6.92 Å². The van der Waals surface area contributed by atoms with E-state index in [-0.39, 0.29) is 0 Å². The number of halogens is 1. The molecule has 2 heterocycles. The predicted molar refractivity (Wildman–Crippen MR) is 63.5 cm³/mol. The highest BCUT2D eigenvalue weighted by Gasteiger charge is 2.13. The minimum Gasteiger partial charge on any atom is -0.305 e. The third kappa shape index (κ3) is 2.16. The van der Waals surface area contributed by atoms with Crippen LogP contribution in [0.2, 0.25) is 5.02 Å². The maximum atomic E-state index is 5.82. The number of nitrogens with one attached hydrogen (secondary N) is 1. The second-order valence-corrected chi connectivity index (χ2v) is 5.07. The first kappa shape index (κ1) is 10.1. The topological polar surface area (TPSA) is 37.3 Å². The highest BCUT2D eigenvalue weighted by molar-refractivity contribution is 8.15. The number of hydrogen-bond acceptors (Lipinski definition) is 5. The lowest BCUT2D eigenvalue weighted by atomic mass is 10.4. The number of amidine groups is 1. The highest BCUT2D eigenvalue weighted by Crippen LogP contribution is 2.32. The molecule has 1 aliphatic heterocycles. The fraction of sp³-hybridized carbons (Fsp3) is 0.250. The summed E-state index contributed by atoms with van der Waals surface area (Å²) in [5.74, 6) is 1.74. The van der Waals surface area contributed by atoms with E-state index in [0.29, 0.717) is 5.02 Å². The Bertz CT molecular complexity index is 381. The summed E-state index contributed by atoms with van der Waals surface area (Å²) in [4.78, 5) is 9.48. The van der Waals surface area contributed by atoms with Crippen molar-refractivity contribution in [2.45, 2.75) is 11.8 Å². The standard InChI is InChI=1S/C8H8ClN3S2/c1-2-13-8-11-7-6(14-12-8)3-5(9)4-10-7/h3-4H,2H2,1H3,(H,10,11,12). The molecular formula is C8H8ClN3S2. The lowest BCUT2D eigenvalue weighted by Gasteiger charge is -2.14. The van der Waals surface area contributed by atoms with Crippen molar-refractivity contribution in [2.24, 2.45) is 4.99 Å². The molecule has 14 heavy (non-hydrogen) atoms. The summed E-state index contributed by atoms with van der Waals surface area (Å²) in [5.41, 5.74) is 0. The number of fused-ring (bicyclic) bond motifs is 1. The van der Waals surface area contributed by atoms with Crippen molar-refractivity contribution in [1.82, 2.24) is 9.71 Å². The average Bonchev–Trinajstić information content (AvgIpc) is 2.19. The smallest absolute Gasteiger partial charge is 0.173 e. The van der Waals surface area contributed by atoms with Gasteiger partial charge in [0.25, 0.3) is 0 Å². The molecule has 0 aromatic carbocycles. The van der Waals surface area contributed by atoms with Gasteiger partial charge in [0.15, 0.2) is 11.0 Å². The summed E-state index contributed by atoms with van der Waals surface area (Å²) >= 11 is 8.98. The Morgan fingerprint density at radius 3 is 3.29 bits per heavy atom. The van der Waals surface area contributed by atoms with Gasteiger partial charge in [0.1, 0.15) is 0 Å². The van der Waals surface area contributed by atoms with Gasteiger partial charge >= 0.3 is 0 Å². The van der Waals surface area contributed by atoms with Crippen molar-refractivity contribution < 1.29 is 0 Å². The van der Waals surface area contributed by atoms with Crippen molar-refractivity contribution >= 4 is 46.3 Å². The molecule has 2 rings (SSSR count). The van der Waals surface area contributed by atoms with Crippen molar-refractivity contribution in [3.63, 3.8) is 0 Å². The lowest BCUT2D eigenvalue weighted by Crippen LogP contribution is -2.15. The Balaban J connectivity index is 2.30. The number of rotatable bonds is 1. The van der Waals surface area contributed by atoms with Crippen molar-refractivity contribution in [2.75, 3.05) is 5.75 Å². The van der Waals surface area contributed by atoms with Crippen LogP contribution in [0.25, 0.3) is 0 Å². The second kappa shape index (κ2) is 4.42. The Morgan fingerprint density at radius 2 is 2.50 bits per heavy atom. The van der Waals surface area contributed by atoms with E-state index in [9.17, 15) is 0 Å². The monoisotopic (exact) mass is 245 g/mol. The minimum absolute atomic E-state index is 0.639. The molecular weight excluding hydrogens is 238 g/mol. The van der Waals surface area contributed by atoms with Gasteiger partial charge in [-0.1, -0.05) is 30.3 Å². The molecule has 0 atom stereocenters. The molecule has 0 saturated carbocycles. The summed E-state index contributed by atoms with van der Waals surface area (Å²) in [6, 6.07) is 1.86. The van der Waals surface area contributed by atoms with Crippen molar-refractivity contribution in [1.29, 1.82) is 0 Å². The van der Waals surface area contributed by atoms with Crippen molar-refractivity contribution in [3.8, 4) is 0 Å². The van der Waals surface area contributed by atoms with E-state index in [0.717, 1.165) is 21.6 Å². The van der Waals surface area contributed by atoms with Crippen LogP contribution in [0.15, 0.2) is 22.2 Å². The van der Waals surface area contributed by atoms with Gasteiger partial charge in [0.05, 0.1) is 9.92 Å². The first-order valence-corrected chi connectivity index (χ1v) is 6.27. The van der Waals surface area contributed by atoms with Crippen LogP contribution in [0.5, 0.6) is 0 Å². The van der Waals surface area contributed by atoms with E-state index in [1.807, 2.05) is 6.07 Å². The van der Waals surface area contributed by atoms with Crippen LogP contribution in [-0.2, 0) is 0 Å². The fourth-order valence-electron chi connectivity index (χ4n) is 0.989. The van der Waals surface area contributed by atoms with Crippen LogP contribution in [0.4, 0.5) is 5.82 Å². The zero-order valence-corrected chi connectivity index (χ0v) is 9.84. The first-order valence-electron chi connectivity index (χ1n) is 4.09. The maximum absolute atomic E-state index is 5.82. The quantitative estimate of drug-likeness (QED) is 0.772. The van der Waals surface area contributed by atoms with E-state index >= 15 is 0 Å². The summed E-state index contributed by atoms with van der Waals surface area (Å²) in [7, 11) is 0. The van der Waals surface area contributed by atoms with Crippen LogP contribution >= 0.6 is 35.3 Å². The molecule has 0 radical (unpaired) electrons. The van der Waals surface area contributed by atoms with Crippen LogP contribution in [0.3, 0.4) is 0 Å². The van der Waals surface area contributed by atoms with E-state index < -0.39 is 0 Å². The molecule has 0 bridgehead atoms. The van der Waals surface area contributed by atoms with Gasteiger partial charge in [-0.3, -0.25) is 0 Å². The van der Waals surface area contributed by atoms with Crippen molar-refractivity contribution in [3.05, 3.63) is 17.3 Å². The van der Waals surface area contributed by atoms with Crippen LogP contribution in [-0.4, -0.2) is 15.9 Å². The van der Waals surface area contributed by atoms with Gasteiger partial charge in [0.2, 0.25) is 0 Å². The third-order valence-electron chi connectivity index (χ3n) is 1.54. The SMILES string of the molecule is CCSC1=Nc2ncc(Cl)cc2SN1. The molecule has 1 N–H and O–H groups in total. The number of pyridine rings is 1.